The topological polar surface area (TPSA) is 73.1 Å². The van der Waals surface area contributed by atoms with E-state index in [1.165, 1.54) is 29.0 Å². The highest BCUT2D eigenvalue weighted by Gasteiger charge is 2.20. The van der Waals surface area contributed by atoms with E-state index in [0.29, 0.717) is 32.4 Å². The van der Waals surface area contributed by atoms with Crippen molar-refractivity contribution >= 4 is 34.8 Å². The number of para-hydroxylation sites is 1. The predicted molar refractivity (Wildman–Crippen MR) is 127 cm³/mol. The number of nitrogens with zero attached hydrogens (tertiary/aromatic N) is 3. The van der Waals surface area contributed by atoms with Crippen LogP contribution in [0, 0.1) is 11.6 Å². The van der Waals surface area contributed by atoms with Crippen molar-refractivity contribution in [3.8, 4) is 5.69 Å². The summed E-state index contributed by atoms with van der Waals surface area (Å²) in [7, 11) is 0. The molecule has 0 aliphatic carbocycles. The first kappa shape index (κ1) is 24.8. The van der Waals surface area contributed by atoms with Crippen LogP contribution in [0.5, 0.6) is 0 Å². The maximum Gasteiger partial charge on any atom is 0.263 e. The van der Waals surface area contributed by atoms with Crippen molar-refractivity contribution < 1.29 is 23.1 Å². The Morgan fingerprint density at radius 2 is 1.77 bits per heavy atom. The Balaban J connectivity index is 1.73. The first-order valence-electron chi connectivity index (χ1n) is 10.5. The van der Waals surface area contributed by atoms with Gasteiger partial charge in [-0.15, -0.1) is 0 Å². The minimum atomic E-state index is -0.902. The maximum atomic E-state index is 14.7. The molecule has 0 N–H and O–H groups in total. The molecule has 0 spiro atoms. The van der Waals surface area contributed by atoms with E-state index >= 15 is 0 Å². The molecule has 11 heteroatoms. The standard InChI is InChI=1S/C24H19Cl2F2N3O4/c25-18-2-1-3-19(26)24(18)31-13-15(4-7-21(31)32)23(17-6-5-16(27)12-20(17)28)29-35-14-22(33)30-8-10-34-11-9-30/h1-7,12-13H,8-11,14H2. The third-order valence-corrected chi connectivity index (χ3v) is 5.87. The van der Waals surface area contributed by atoms with Gasteiger partial charge in [-0.25, -0.2) is 8.78 Å². The van der Waals surface area contributed by atoms with Gasteiger partial charge < -0.3 is 14.5 Å². The zero-order chi connectivity index (χ0) is 24.9. The molecule has 0 bridgehead atoms. The van der Waals surface area contributed by atoms with E-state index in [1.54, 1.807) is 23.1 Å². The van der Waals surface area contributed by atoms with Crippen LogP contribution in [0.25, 0.3) is 5.69 Å². The molecule has 1 saturated heterocycles. The van der Waals surface area contributed by atoms with Crippen LogP contribution in [-0.2, 0) is 14.4 Å². The maximum absolute atomic E-state index is 14.7. The van der Waals surface area contributed by atoms with E-state index < -0.39 is 23.8 Å². The molecule has 2 aromatic carbocycles. The van der Waals surface area contributed by atoms with Gasteiger partial charge in [0, 0.05) is 42.5 Å². The number of aromatic nitrogens is 1. The fraction of sp³-hybridized carbons (Fsp3) is 0.208. The van der Waals surface area contributed by atoms with Crippen molar-refractivity contribution in [1.82, 2.24) is 9.47 Å². The highest BCUT2D eigenvalue weighted by Crippen LogP contribution is 2.27. The van der Waals surface area contributed by atoms with E-state index in [9.17, 15) is 18.4 Å². The number of morpholine rings is 1. The van der Waals surface area contributed by atoms with Crippen LogP contribution < -0.4 is 5.56 Å². The number of carbonyl (C=O) groups excluding carboxylic acids is 1. The van der Waals surface area contributed by atoms with Gasteiger partial charge in [0.15, 0.2) is 6.61 Å². The number of rotatable bonds is 6. The number of hydrogen-bond donors (Lipinski definition) is 0. The molecule has 0 atom stereocenters. The van der Waals surface area contributed by atoms with E-state index in [2.05, 4.69) is 5.16 Å². The normalized spacial score (nSPS) is 14.2. The largest absolute Gasteiger partial charge is 0.385 e. The first-order valence-corrected chi connectivity index (χ1v) is 11.3. The van der Waals surface area contributed by atoms with Crippen molar-refractivity contribution in [2.75, 3.05) is 32.9 Å². The summed E-state index contributed by atoms with van der Waals surface area (Å²) in [6.07, 6.45) is 1.37. The van der Waals surface area contributed by atoms with E-state index in [1.807, 2.05) is 0 Å². The molecule has 1 aliphatic rings. The molecule has 0 saturated carbocycles. The number of benzene rings is 2. The average molecular weight is 522 g/mol. The molecule has 0 unspecified atom stereocenters. The van der Waals surface area contributed by atoms with Gasteiger partial charge in [-0.2, -0.15) is 0 Å². The third kappa shape index (κ3) is 5.70. The van der Waals surface area contributed by atoms with E-state index in [4.69, 9.17) is 32.8 Å². The van der Waals surface area contributed by atoms with Crippen molar-refractivity contribution in [1.29, 1.82) is 0 Å². The minimum Gasteiger partial charge on any atom is -0.385 e. The van der Waals surface area contributed by atoms with Gasteiger partial charge in [-0.05, 0) is 30.3 Å². The molecular formula is C24H19Cl2F2N3O4. The molecule has 1 aromatic heterocycles. The van der Waals surface area contributed by atoms with Gasteiger partial charge in [-0.3, -0.25) is 14.2 Å². The lowest BCUT2D eigenvalue weighted by molar-refractivity contribution is -0.140. The Kier molecular flexibility index (Phi) is 7.80. The quantitative estimate of drug-likeness (QED) is 0.362. The molecule has 1 fully saturated rings. The van der Waals surface area contributed by atoms with Gasteiger partial charge in [-0.1, -0.05) is 34.4 Å². The van der Waals surface area contributed by atoms with Crippen LogP contribution in [0.1, 0.15) is 11.1 Å². The van der Waals surface area contributed by atoms with E-state index in [0.717, 1.165) is 6.07 Å². The number of amides is 1. The van der Waals surface area contributed by atoms with Crippen LogP contribution in [0.3, 0.4) is 0 Å². The first-order chi connectivity index (χ1) is 16.8. The summed E-state index contributed by atoms with van der Waals surface area (Å²) in [5.41, 5.74) is -0.143. The summed E-state index contributed by atoms with van der Waals surface area (Å²) in [6.45, 7) is 1.30. The van der Waals surface area contributed by atoms with Gasteiger partial charge in [0.2, 0.25) is 0 Å². The minimum absolute atomic E-state index is 0.0609. The van der Waals surface area contributed by atoms with Crippen LogP contribution >= 0.6 is 23.2 Å². The number of carbonyl (C=O) groups is 1. The van der Waals surface area contributed by atoms with Crippen LogP contribution in [0.2, 0.25) is 10.0 Å². The highest BCUT2D eigenvalue weighted by molar-refractivity contribution is 6.37. The lowest BCUT2D eigenvalue weighted by atomic mass is 10.0. The number of oxime groups is 1. The van der Waals surface area contributed by atoms with Gasteiger partial charge in [0.1, 0.15) is 17.3 Å². The second-order valence-corrected chi connectivity index (χ2v) is 8.34. The lowest BCUT2D eigenvalue weighted by Crippen LogP contribution is -2.42. The highest BCUT2D eigenvalue weighted by atomic mass is 35.5. The summed E-state index contributed by atoms with van der Waals surface area (Å²) in [5.74, 6) is -1.99. The molecule has 1 aliphatic heterocycles. The Morgan fingerprint density at radius 1 is 1.06 bits per heavy atom. The molecule has 2 heterocycles. The fourth-order valence-corrected chi connectivity index (χ4v) is 4.10. The Morgan fingerprint density at radius 3 is 2.46 bits per heavy atom. The van der Waals surface area contributed by atoms with Crippen molar-refractivity contribution in [3.05, 3.63) is 97.9 Å². The van der Waals surface area contributed by atoms with Gasteiger partial charge >= 0.3 is 0 Å². The summed E-state index contributed by atoms with van der Waals surface area (Å²) in [4.78, 5) is 31.9. The van der Waals surface area contributed by atoms with Crippen molar-refractivity contribution in [2.24, 2.45) is 5.16 Å². The van der Waals surface area contributed by atoms with Crippen molar-refractivity contribution in [2.45, 2.75) is 0 Å². The molecule has 7 nitrogen and oxygen atoms in total. The fourth-order valence-electron chi connectivity index (χ4n) is 3.52. The average Bonchev–Trinajstić information content (AvgIpc) is 2.84. The Labute approximate surface area is 209 Å². The Bertz CT molecular complexity index is 1320. The second-order valence-electron chi connectivity index (χ2n) is 7.53. The molecule has 4 rings (SSSR count). The van der Waals surface area contributed by atoms with Gasteiger partial charge in [0.05, 0.1) is 28.9 Å². The number of hydrogen-bond acceptors (Lipinski definition) is 5. The number of pyridine rings is 1. The predicted octanol–water partition coefficient (Wildman–Crippen LogP) is 4.05. The SMILES string of the molecule is O=C(CON=C(c1ccc(=O)n(-c2c(Cl)cccc2Cl)c1)c1ccc(F)cc1F)N1CCOCC1. The van der Waals surface area contributed by atoms with Crippen molar-refractivity contribution in [3.63, 3.8) is 0 Å². The smallest absolute Gasteiger partial charge is 0.263 e. The summed E-state index contributed by atoms with van der Waals surface area (Å²) in [6, 6.07) is 10.3. The molecule has 1 amide bonds. The zero-order valence-corrected chi connectivity index (χ0v) is 19.7. The van der Waals surface area contributed by atoms with Crippen LogP contribution in [-0.4, -0.2) is 54.0 Å². The van der Waals surface area contributed by atoms with Crippen LogP contribution in [0.4, 0.5) is 8.78 Å². The van der Waals surface area contributed by atoms with Gasteiger partial charge in [0.25, 0.3) is 11.5 Å². The zero-order valence-electron chi connectivity index (χ0n) is 18.2. The number of ether oxygens (including phenoxy) is 1. The molecule has 0 radical (unpaired) electrons. The second kappa shape index (κ2) is 11.0. The number of halogens is 4. The van der Waals surface area contributed by atoms with E-state index in [-0.39, 0.29) is 38.5 Å². The Hall–Kier alpha value is -3.27. The summed E-state index contributed by atoms with van der Waals surface area (Å²) in [5, 5.41) is 4.43. The molecule has 35 heavy (non-hydrogen) atoms. The summed E-state index contributed by atoms with van der Waals surface area (Å²) < 4.78 is 34.7. The third-order valence-electron chi connectivity index (χ3n) is 5.26. The van der Waals surface area contributed by atoms with Crippen LogP contribution in [0.15, 0.2) is 64.7 Å². The molecule has 3 aromatic rings. The summed E-state index contributed by atoms with van der Waals surface area (Å²) >= 11 is 12.5. The molecular weight excluding hydrogens is 503 g/mol. The monoisotopic (exact) mass is 521 g/mol. The lowest BCUT2D eigenvalue weighted by Gasteiger charge is -2.26. The molecule has 182 valence electrons.